The number of halogens is 1. The van der Waals surface area contributed by atoms with Gasteiger partial charge in [0.05, 0.1) is 6.10 Å². The third-order valence-corrected chi connectivity index (χ3v) is 6.22. The summed E-state index contributed by atoms with van der Waals surface area (Å²) in [6.07, 6.45) is 4.03. The number of aliphatic imine (C=N–C) groups is 1. The van der Waals surface area contributed by atoms with Gasteiger partial charge in [0.1, 0.15) is 0 Å². The second-order valence-electron chi connectivity index (χ2n) is 9.36. The summed E-state index contributed by atoms with van der Waals surface area (Å²) in [7, 11) is 1.85. The molecular formula is C24H42IN5O. The van der Waals surface area contributed by atoms with Gasteiger partial charge in [-0.05, 0) is 42.7 Å². The van der Waals surface area contributed by atoms with E-state index < -0.39 is 0 Å². The van der Waals surface area contributed by atoms with Crippen LogP contribution in [0.5, 0.6) is 0 Å². The Balaban J connectivity index is 0.00000341. The summed E-state index contributed by atoms with van der Waals surface area (Å²) in [6.45, 7) is 11.9. The van der Waals surface area contributed by atoms with Gasteiger partial charge in [0.2, 0.25) is 0 Å². The van der Waals surface area contributed by atoms with E-state index >= 15 is 0 Å². The van der Waals surface area contributed by atoms with E-state index in [-0.39, 0.29) is 30.1 Å². The molecule has 6 nitrogen and oxygen atoms in total. The largest absolute Gasteiger partial charge is 0.393 e. The summed E-state index contributed by atoms with van der Waals surface area (Å²) in [4.78, 5) is 9.42. The molecule has 0 saturated carbocycles. The van der Waals surface area contributed by atoms with Crippen molar-refractivity contribution in [2.45, 2.75) is 64.8 Å². The minimum absolute atomic E-state index is 0. The molecule has 2 aliphatic heterocycles. The van der Waals surface area contributed by atoms with E-state index in [2.05, 4.69) is 63.5 Å². The van der Waals surface area contributed by atoms with E-state index in [9.17, 15) is 5.11 Å². The summed E-state index contributed by atoms with van der Waals surface area (Å²) in [5, 5.41) is 16.7. The van der Waals surface area contributed by atoms with Crippen molar-refractivity contribution in [3.8, 4) is 0 Å². The number of guanidine groups is 1. The lowest BCUT2D eigenvalue weighted by Gasteiger charge is -2.34. The van der Waals surface area contributed by atoms with Crippen LogP contribution in [0.3, 0.4) is 0 Å². The quantitative estimate of drug-likeness (QED) is 0.281. The number of nitrogens with one attached hydrogen (secondary N) is 2. The predicted octanol–water partition coefficient (Wildman–Crippen LogP) is 3.05. The van der Waals surface area contributed by atoms with Crippen LogP contribution in [-0.2, 0) is 13.1 Å². The van der Waals surface area contributed by atoms with Gasteiger partial charge < -0.3 is 20.6 Å². The molecule has 3 N–H and O–H groups in total. The number of piperidine rings is 2. The summed E-state index contributed by atoms with van der Waals surface area (Å²) >= 11 is 0. The molecule has 2 fully saturated rings. The highest BCUT2D eigenvalue weighted by Gasteiger charge is 2.20. The molecule has 0 aliphatic carbocycles. The van der Waals surface area contributed by atoms with E-state index in [1.165, 1.54) is 43.6 Å². The first-order chi connectivity index (χ1) is 14.5. The van der Waals surface area contributed by atoms with Crippen molar-refractivity contribution in [1.82, 2.24) is 20.4 Å². The summed E-state index contributed by atoms with van der Waals surface area (Å²) in [5.74, 6) is 1.64. The van der Waals surface area contributed by atoms with Crippen molar-refractivity contribution in [2.75, 3.05) is 39.8 Å². The average molecular weight is 544 g/mol. The Morgan fingerprint density at radius 3 is 2.16 bits per heavy atom. The maximum Gasteiger partial charge on any atom is 0.191 e. The predicted molar refractivity (Wildman–Crippen MR) is 140 cm³/mol. The number of likely N-dealkylation sites (tertiary alicyclic amines) is 2. The maximum absolute atomic E-state index is 9.65. The van der Waals surface area contributed by atoms with Crippen LogP contribution in [0.15, 0.2) is 29.3 Å². The number of benzene rings is 1. The first-order valence-corrected chi connectivity index (χ1v) is 11.7. The van der Waals surface area contributed by atoms with E-state index in [1.54, 1.807) is 0 Å². The fraction of sp³-hybridized carbons (Fsp3) is 0.708. The van der Waals surface area contributed by atoms with Crippen LogP contribution in [0.25, 0.3) is 0 Å². The van der Waals surface area contributed by atoms with Crippen molar-refractivity contribution in [2.24, 2.45) is 10.9 Å². The molecule has 31 heavy (non-hydrogen) atoms. The second kappa shape index (κ2) is 13.6. The number of aliphatic hydroxyl groups excluding tert-OH is 1. The highest BCUT2D eigenvalue weighted by atomic mass is 127. The summed E-state index contributed by atoms with van der Waals surface area (Å²) in [5.41, 5.74) is 2.60. The van der Waals surface area contributed by atoms with Gasteiger partial charge in [0.25, 0.3) is 0 Å². The van der Waals surface area contributed by atoms with E-state index in [4.69, 9.17) is 0 Å². The zero-order chi connectivity index (χ0) is 21.3. The van der Waals surface area contributed by atoms with Crippen molar-refractivity contribution in [3.05, 3.63) is 35.4 Å². The molecule has 0 amide bonds. The molecule has 0 unspecified atom stereocenters. The van der Waals surface area contributed by atoms with Crippen molar-refractivity contribution < 1.29 is 5.11 Å². The molecular weight excluding hydrogens is 501 g/mol. The van der Waals surface area contributed by atoms with Crippen molar-refractivity contribution in [1.29, 1.82) is 0 Å². The zero-order valence-corrected chi connectivity index (χ0v) is 21.8. The minimum atomic E-state index is -0.106. The molecule has 2 saturated heterocycles. The van der Waals surface area contributed by atoms with Gasteiger partial charge in [-0.1, -0.05) is 38.1 Å². The summed E-state index contributed by atoms with van der Waals surface area (Å²) in [6, 6.07) is 9.37. The molecule has 7 heteroatoms. The van der Waals surface area contributed by atoms with Gasteiger partial charge in [0, 0.05) is 58.9 Å². The number of aliphatic hydroxyl groups is 1. The summed E-state index contributed by atoms with van der Waals surface area (Å²) < 4.78 is 0. The molecule has 0 spiro atoms. The molecule has 1 aromatic carbocycles. The topological polar surface area (TPSA) is 63.1 Å². The smallest absolute Gasteiger partial charge is 0.191 e. The van der Waals surface area contributed by atoms with Gasteiger partial charge in [-0.3, -0.25) is 9.89 Å². The highest BCUT2D eigenvalue weighted by Crippen LogP contribution is 2.15. The third kappa shape index (κ3) is 9.24. The Labute approximate surface area is 205 Å². The SMILES string of the molecule is CN=C(NCc1ccc(CN2CCC(O)CC2)cc1)NC1CCN(CC(C)C)CC1.I. The average Bonchev–Trinajstić information content (AvgIpc) is 2.74. The fourth-order valence-corrected chi connectivity index (χ4v) is 4.45. The third-order valence-electron chi connectivity index (χ3n) is 6.22. The maximum atomic E-state index is 9.65. The standard InChI is InChI=1S/C24H41N5O.HI/c1-19(2)17-28-12-8-22(9-13-28)27-24(25-3)26-16-20-4-6-21(7-5-20)18-29-14-10-23(30)11-15-29;/h4-7,19,22-23,30H,8-18H2,1-3H3,(H2,25,26,27);1H. The molecule has 0 aromatic heterocycles. The van der Waals surface area contributed by atoms with Crippen LogP contribution < -0.4 is 10.6 Å². The number of hydrogen-bond donors (Lipinski definition) is 3. The molecule has 176 valence electrons. The normalized spacial score (nSPS) is 20.0. The molecule has 2 heterocycles. The highest BCUT2D eigenvalue weighted by molar-refractivity contribution is 14.0. The van der Waals surface area contributed by atoms with Crippen LogP contribution in [0, 0.1) is 5.92 Å². The fourth-order valence-electron chi connectivity index (χ4n) is 4.45. The van der Waals surface area contributed by atoms with Crippen LogP contribution in [0.1, 0.15) is 50.7 Å². The molecule has 0 bridgehead atoms. The number of rotatable bonds is 7. The first-order valence-electron chi connectivity index (χ1n) is 11.7. The van der Waals surface area contributed by atoms with Gasteiger partial charge in [0.15, 0.2) is 5.96 Å². The van der Waals surface area contributed by atoms with Gasteiger partial charge in [-0.2, -0.15) is 0 Å². The first kappa shape index (κ1) is 26.4. The molecule has 0 atom stereocenters. The van der Waals surface area contributed by atoms with Gasteiger partial charge in [-0.25, -0.2) is 0 Å². The molecule has 3 rings (SSSR count). The number of nitrogens with zero attached hydrogens (tertiary/aromatic N) is 3. The van der Waals surface area contributed by atoms with Crippen molar-refractivity contribution in [3.63, 3.8) is 0 Å². The van der Waals surface area contributed by atoms with E-state index in [0.29, 0.717) is 6.04 Å². The molecule has 0 radical (unpaired) electrons. The lowest BCUT2D eigenvalue weighted by Crippen LogP contribution is -2.48. The van der Waals surface area contributed by atoms with Crippen molar-refractivity contribution >= 4 is 29.9 Å². The molecule has 1 aromatic rings. The van der Waals surface area contributed by atoms with Crippen LogP contribution in [0.4, 0.5) is 0 Å². The zero-order valence-electron chi connectivity index (χ0n) is 19.5. The van der Waals surface area contributed by atoms with Crippen LogP contribution in [0.2, 0.25) is 0 Å². The van der Waals surface area contributed by atoms with Gasteiger partial charge >= 0.3 is 0 Å². The monoisotopic (exact) mass is 543 g/mol. The lowest BCUT2D eigenvalue weighted by molar-refractivity contribution is 0.0792. The number of hydrogen-bond acceptors (Lipinski definition) is 4. The Morgan fingerprint density at radius 1 is 1.00 bits per heavy atom. The van der Waals surface area contributed by atoms with Crippen LogP contribution >= 0.6 is 24.0 Å². The Kier molecular flexibility index (Phi) is 11.6. The van der Waals surface area contributed by atoms with E-state index in [0.717, 1.165) is 50.9 Å². The Morgan fingerprint density at radius 2 is 1.58 bits per heavy atom. The Bertz CT molecular complexity index is 650. The minimum Gasteiger partial charge on any atom is -0.393 e. The van der Waals surface area contributed by atoms with Crippen LogP contribution in [-0.4, -0.2) is 72.8 Å². The Hall–Kier alpha value is -0.900. The molecule has 2 aliphatic rings. The second-order valence-corrected chi connectivity index (χ2v) is 9.36. The van der Waals surface area contributed by atoms with Gasteiger partial charge in [-0.15, -0.1) is 24.0 Å². The lowest BCUT2D eigenvalue weighted by atomic mass is 10.0. The van der Waals surface area contributed by atoms with E-state index in [1.807, 2.05) is 7.05 Å².